The zero-order valence-electron chi connectivity index (χ0n) is 12.3. The number of hydrogen-bond acceptors (Lipinski definition) is 3. The normalized spacial score (nSPS) is 10.8. The summed E-state index contributed by atoms with van der Waals surface area (Å²) < 4.78 is 5.73. The van der Waals surface area contributed by atoms with Gasteiger partial charge in [0.25, 0.3) is 0 Å². The van der Waals surface area contributed by atoms with Crippen molar-refractivity contribution in [2.75, 3.05) is 5.73 Å². The summed E-state index contributed by atoms with van der Waals surface area (Å²) in [5.74, 6) is 0.761. The van der Waals surface area contributed by atoms with E-state index in [2.05, 4.69) is 37.0 Å². The fraction of sp³-hybridized carbons (Fsp3) is 0.167. The lowest BCUT2D eigenvalue weighted by atomic mass is 10.1. The summed E-state index contributed by atoms with van der Waals surface area (Å²) in [7, 11) is 0. The lowest BCUT2D eigenvalue weighted by molar-refractivity contribution is 0.302. The topological polar surface area (TPSA) is 48.1 Å². The first-order valence-corrected chi connectivity index (χ1v) is 6.97. The molecule has 0 saturated heterocycles. The molecule has 0 radical (unpaired) electrons. The molecule has 0 unspecified atom stereocenters. The van der Waals surface area contributed by atoms with Crippen LogP contribution in [0, 0.1) is 13.8 Å². The zero-order valence-corrected chi connectivity index (χ0v) is 12.3. The molecule has 0 atom stereocenters. The van der Waals surface area contributed by atoms with Crippen LogP contribution < -0.4 is 10.5 Å². The number of ether oxygens (including phenoxy) is 1. The number of aryl methyl sites for hydroxylation is 2. The Hall–Kier alpha value is -2.55. The number of fused-ring (bicyclic) bond motifs is 1. The van der Waals surface area contributed by atoms with Gasteiger partial charge in [0.05, 0.1) is 11.2 Å². The van der Waals surface area contributed by atoms with Crippen LogP contribution in [0.1, 0.15) is 16.8 Å². The highest BCUT2D eigenvalue weighted by atomic mass is 16.5. The van der Waals surface area contributed by atoms with Gasteiger partial charge in [0, 0.05) is 17.1 Å². The molecular formula is C18H18N2O. The molecule has 106 valence electrons. The van der Waals surface area contributed by atoms with Gasteiger partial charge < -0.3 is 10.5 Å². The standard InChI is InChI=1S/C18H18N2O/c1-12-8-14-6-7-16(20-18(14)9-13(12)2)11-21-17-5-3-4-15(19)10-17/h3-10H,11,19H2,1-2H3. The molecule has 3 heteroatoms. The van der Waals surface area contributed by atoms with Crippen LogP contribution in [0.2, 0.25) is 0 Å². The van der Waals surface area contributed by atoms with Crippen molar-refractivity contribution in [3.05, 3.63) is 65.4 Å². The molecule has 0 aliphatic rings. The Morgan fingerprint density at radius 2 is 1.81 bits per heavy atom. The molecule has 0 fully saturated rings. The maximum absolute atomic E-state index is 5.74. The van der Waals surface area contributed by atoms with E-state index in [-0.39, 0.29) is 0 Å². The second-order valence-corrected chi connectivity index (χ2v) is 5.29. The first-order valence-electron chi connectivity index (χ1n) is 6.97. The molecule has 0 amide bonds. The van der Waals surface area contributed by atoms with Gasteiger partial charge >= 0.3 is 0 Å². The summed E-state index contributed by atoms with van der Waals surface area (Å²) in [6.45, 7) is 4.66. The van der Waals surface area contributed by atoms with Crippen LogP contribution in [0.3, 0.4) is 0 Å². The molecule has 0 bridgehead atoms. The second-order valence-electron chi connectivity index (χ2n) is 5.29. The van der Waals surface area contributed by atoms with Gasteiger partial charge in [-0.15, -0.1) is 0 Å². The number of hydrogen-bond donors (Lipinski definition) is 1. The number of aromatic nitrogens is 1. The number of pyridine rings is 1. The van der Waals surface area contributed by atoms with E-state index in [1.807, 2.05) is 30.3 Å². The van der Waals surface area contributed by atoms with Gasteiger partial charge in [-0.1, -0.05) is 12.1 Å². The SMILES string of the molecule is Cc1cc2ccc(COc3cccc(N)c3)nc2cc1C. The van der Waals surface area contributed by atoms with E-state index in [0.717, 1.165) is 22.3 Å². The highest BCUT2D eigenvalue weighted by Gasteiger charge is 2.03. The highest BCUT2D eigenvalue weighted by molar-refractivity contribution is 5.80. The minimum Gasteiger partial charge on any atom is -0.487 e. The fourth-order valence-corrected chi connectivity index (χ4v) is 2.27. The van der Waals surface area contributed by atoms with E-state index in [0.29, 0.717) is 12.3 Å². The van der Waals surface area contributed by atoms with E-state index in [1.165, 1.54) is 11.1 Å². The third-order valence-corrected chi connectivity index (χ3v) is 3.61. The molecule has 1 aromatic heterocycles. The molecule has 0 saturated carbocycles. The highest BCUT2D eigenvalue weighted by Crippen LogP contribution is 2.20. The van der Waals surface area contributed by atoms with Gasteiger partial charge in [-0.2, -0.15) is 0 Å². The quantitative estimate of drug-likeness (QED) is 0.736. The Morgan fingerprint density at radius 3 is 2.62 bits per heavy atom. The van der Waals surface area contributed by atoms with E-state index in [1.54, 1.807) is 0 Å². The van der Waals surface area contributed by atoms with Gasteiger partial charge in [0.2, 0.25) is 0 Å². The second kappa shape index (κ2) is 5.44. The number of rotatable bonds is 3. The Bertz CT molecular complexity index is 796. The monoisotopic (exact) mass is 278 g/mol. The lowest BCUT2D eigenvalue weighted by Gasteiger charge is -2.08. The molecule has 0 spiro atoms. The molecule has 1 heterocycles. The van der Waals surface area contributed by atoms with Crippen molar-refractivity contribution in [3.8, 4) is 5.75 Å². The van der Waals surface area contributed by atoms with Gasteiger partial charge in [-0.3, -0.25) is 0 Å². The summed E-state index contributed by atoms with van der Waals surface area (Å²) >= 11 is 0. The number of nitrogens with zero attached hydrogens (tertiary/aromatic N) is 1. The Labute approximate surface area is 124 Å². The summed E-state index contributed by atoms with van der Waals surface area (Å²) in [4.78, 5) is 4.66. The molecule has 21 heavy (non-hydrogen) atoms. The van der Waals surface area contributed by atoms with Crippen molar-refractivity contribution in [3.63, 3.8) is 0 Å². The molecular weight excluding hydrogens is 260 g/mol. The van der Waals surface area contributed by atoms with E-state index >= 15 is 0 Å². The first kappa shape index (κ1) is 13.4. The smallest absolute Gasteiger partial charge is 0.130 e. The van der Waals surface area contributed by atoms with Crippen molar-refractivity contribution < 1.29 is 4.74 Å². The van der Waals surface area contributed by atoms with E-state index < -0.39 is 0 Å². The minimum absolute atomic E-state index is 0.437. The van der Waals surface area contributed by atoms with Crippen LogP contribution >= 0.6 is 0 Å². The average Bonchev–Trinajstić information content (AvgIpc) is 2.46. The molecule has 3 aromatic rings. The van der Waals surface area contributed by atoms with Gasteiger partial charge in [0.1, 0.15) is 12.4 Å². The molecule has 0 aliphatic carbocycles. The van der Waals surface area contributed by atoms with Gasteiger partial charge in [-0.25, -0.2) is 4.98 Å². The number of nitrogen functional groups attached to an aromatic ring is 1. The maximum Gasteiger partial charge on any atom is 0.130 e. The molecule has 0 aliphatic heterocycles. The van der Waals surface area contributed by atoms with Crippen molar-refractivity contribution in [1.29, 1.82) is 0 Å². The Morgan fingerprint density at radius 1 is 1.00 bits per heavy atom. The first-order chi connectivity index (χ1) is 10.1. The van der Waals surface area contributed by atoms with Crippen molar-refractivity contribution in [2.24, 2.45) is 0 Å². The minimum atomic E-state index is 0.437. The van der Waals surface area contributed by atoms with Gasteiger partial charge in [-0.05, 0) is 55.3 Å². The van der Waals surface area contributed by atoms with Gasteiger partial charge in [0.15, 0.2) is 0 Å². The van der Waals surface area contributed by atoms with Crippen molar-refractivity contribution >= 4 is 16.6 Å². The van der Waals surface area contributed by atoms with Crippen LogP contribution in [-0.2, 0) is 6.61 Å². The number of benzene rings is 2. The molecule has 3 nitrogen and oxygen atoms in total. The third-order valence-electron chi connectivity index (χ3n) is 3.61. The molecule has 3 rings (SSSR count). The van der Waals surface area contributed by atoms with Crippen molar-refractivity contribution in [2.45, 2.75) is 20.5 Å². The average molecular weight is 278 g/mol. The van der Waals surface area contributed by atoms with Crippen LogP contribution in [-0.4, -0.2) is 4.98 Å². The van der Waals surface area contributed by atoms with Crippen molar-refractivity contribution in [1.82, 2.24) is 4.98 Å². The Kier molecular flexibility index (Phi) is 3.48. The van der Waals surface area contributed by atoms with E-state index in [9.17, 15) is 0 Å². The predicted octanol–water partition coefficient (Wildman–Crippen LogP) is 4.01. The number of anilines is 1. The summed E-state index contributed by atoms with van der Waals surface area (Å²) in [6.07, 6.45) is 0. The fourth-order valence-electron chi connectivity index (χ4n) is 2.27. The van der Waals surface area contributed by atoms with Crippen LogP contribution in [0.4, 0.5) is 5.69 Å². The zero-order chi connectivity index (χ0) is 14.8. The van der Waals surface area contributed by atoms with Crippen LogP contribution in [0.15, 0.2) is 48.5 Å². The largest absolute Gasteiger partial charge is 0.487 e. The predicted molar refractivity (Wildman–Crippen MR) is 86.4 cm³/mol. The molecule has 2 N–H and O–H groups in total. The Balaban J connectivity index is 1.83. The summed E-state index contributed by atoms with van der Waals surface area (Å²) in [6, 6.07) is 15.8. The summed E-state index contributed by atoms with van der Waals surface area (Å²) in [5.41, 5.74) is 10.9. The van der Waals surface area contributed by atoms with Crippen LogP contribution in [0.25, 0.3) is 10.9 Å². The lowest BCUT2D eigenvalue weighted by Crippen LogP contribution is -1.99. The third kappa shape index (κ3) is 2.97. The van der Waals surface area contributed by atoms with Crippen LogP contribution in [0.5, 0.6) is 5.75 Å². The molecule has 2 aromatic carbocycles. The van der Waals surface area contributed by atoms with E-state index in [4.69, 9.17) is 10.5 Å². The summed E-state index contributed by atoms with van der Waals surface area (Å²) in [5, 5.41) is 1.16. The maximum atomic E-state index is 5.74. The number of nitrogens with two attached hydrogens (primary N) is 1.